The molecule has 2 heterocycles. The van der Waals surface area contributed by atoms with Crippen molar-refractivity contribution in [3.8, 4) is 0 Å². The molecule has 5 nitrogen and oxygen atoms in total. The summed E-state index contributed by atoms with van der Waals surface area (Å²) in [6.45, 7) is 1.31. The number of carbonyl (C=O) groups excluding carboxylic acids is 1. The minimum atomic E-state index is -0.0000718. The molecule has 1 N–H and O–H groups in total. The lowest BCUT2D eigenvalue weighted by molar-refractivity contribution is -0.122. The van der Waals surface area contributed by atoms with E-state index in [1.165, 1.54) is 6.20 Å². The van der Waals surface area contributed by atoms with Gasteiger partial charge in [-0.15, -0.1) is 0 Å². The van der Waals surface area contributed by atoms with E-state index in [-0.39, 0.29) is 11.8 Å². The molecule has 1 aliphatic heterocycles. The standard InChI is InChI=1S/C10H12BrN3O2/c11-8-5-13-9(6-12-8)14-10(15)7-1-3-16-4-2-7/h5-7H,1-4H2,(H,13,14,15). The van der Waals surface area contributed by atoms with Crippen molar-refractivity contribution in [1.82, 2.24) is 9.97 Å². The predicted molar refractivity (Wildman–Crippen MR) is 61.9 cm³/mol. The number of nitrogens with one attached hydrogen (secondary N) is 1. The van der Waals surface area contributed by atoms with Crippen LogP contribution in [0.3, 0.4) is 0 Å². The number of carbonyl (C=O) groups is 1. The molecule has 1 aromatic heterocycles. The summed E-state index contributed by atoms with van der Waals surface area (Å²) in [5.74, 6) is 0.513. The smallest absolute Gasteiger partial charge is 0.228 e. The fourth-order valence-electron chi connectivity index (χ4n) is 1.56. The maximum absolute atomic E-state index is 11.8. The summed E-state index contributed by atoms with van der Waals surface area (Å²) in [5.41, 5.74) is 0. The van der Waals surface area contributed by atoms with E-state index >= 15 is 0 Å². The number of aromatic nitrogens is 2. The van der Waals surface area contributed by atoms with Gasteiger partial charge in [0.05, 0.1) is 12.4 Å². The van der Waals surface area contributed by atoms with Crippen LogP contribution < -0.4 is 5.32 Å². The van der Waals surface area contributed by atoms with Gasteiger partial charge < -0.3 is 10.1 Å². The largest absolute Gasteiger partial charge is 0.381 e. The maximum atomic E-state index is 11.8. The number of amides is 1. The number of halogens is 1. The Morgan fingerprint density at radius 3 is 2.75 bits per heavy atom. The number of ether oxygens (including phenoxy) is 1. The van der Waals surface area contributed by atoms with Crippen LogP contribution in [0.15, 0.2) is 17.0 Å². The van der Waals surface area contributed by atoms with Crippen molar-refractivity contribution in [3.05, 3.63) is 17.0 Å². The fourth-order valence-corrected chi connectivity index (χ4v) is 1.77. The van der Waals surface area contributed by atoms with E-state index in [1.54, 1.807) is 6.20 Å². The Hall–Kier alpha value is -1.01. The molecule has 1 fully saturated rings. The number of rotatable bonds is 2. The molecule has 0 spiro atoms. The van der Waals surface area contributed by atoms with Crippen LogP contribution >= 0.6 is 15.9 Å². The van der Waals surface area contributed by atoms with Gasteiger partial charge >= 0.3 is 0 Å². The van der Waals surface area contributed by atoms with Gasteiger partial charge in [0.1, 0.15) is 4.60 Å². The highest BCUT2D eigenvalue weighted by Crippen LogP contribution is 2.16. The second kappa shape index (κ2) is 5.36. The number of hydrogen-bond donors (Lipinski definition) is 1. The molecule has 0 radical (unpaired) electrons. The van der Waals surface area contributed by atoms with Gasteiger partial charge in [0.2, 0.25) is 5.91 Å². The van der Waals surface area contributed by atoms with E-state index in [9.17, 15) is 4.79 Å². The van der Waals surface area contributed by atoms with Gasteiger partial charge in [0, 0.05) is 19.1 Å². The van der Waals surface area contributed by atoms with Crippen LogP contribution in [0.5, 0.6) is 0 Å². The Morgan fingerprint density at radius 1 is 1.38 bits per heavy atom. The first-order valence-corrected chi connectivity index (χ1v) is 5.91. The van der Waals surface area contributed by atoms with Gasteiger partial charge in [-0.2, -0.15) is 0 Å². The highest BCUT2D eigenvalue weighted by Gasteiger charge is 2.21. The second-order valence-corrected chi connectivity index (χ2v) is 4.41. The van der Waals surface area contributed by atoms with Gasteiger partial charge in [-0.05, 0) is 28.8 Å². The van der Waals surface area contributed by atoms with Crippen molar-refractivity contribution in [2.45, 2.75) is 12.8 Å². The molecule has 16 heavy (non-hydrogen) atoms. The second-order valence-electron chi connectivity index (χ2n) is 3.60. The van der Waals surface area contributed by atoms with Crippen LogP contribution in [0.4, 0.5) is 5.82 Å². The summed E-state index contributed by atoms with van der Waals surface area (Å²) in [4.78, 5) is 19.8. The third-order valence-electron chi connectivity index (χ3n) is 2.46. The molecule has 6 heteroatoms. The van der Waals surface area contributed by atoms with Gasteiger partial charge in [-0.3, -0.25) is 4.79 Å². The van der Waals surface area contributed by atoms with Crippen molar-refractivity contribution in [1.29, 1.82) is 0 Å². The molecule has 2 rings (SSSR count). The summed E-state index contributed by atoms with van der Waals surface area (Å²) in [6, 6.07) is 0. The van der Waals surface area contributed by atoms with Gasteiger partial charge in [0.15, 0.2) is 5.82 Å². The Kier molecular flexibility index (Phi) is 3.84. The topological polar surface area (TPSA) is 64.1 Å². The van der Waals surface area contributed by atoms with Gasteiger partial charge in [0.25, 0.3) is 0 Å². The Balaban J connectivity index is 1.93. The first kappa shape index (κ1) is 11.5. The monoisotopic (exact) mass is 285 g/mol. The van der Waals surface area contributed by atoms with E-state index in [4.69, 9.17) is 4.74 Å². The van der Waals surface area contributed by atoms with E-state index in [0.717, 1.165) is 12.8 Å². The Morgan fingerprint density at radius 2 is 2.12 bits per heavy atom. The lowest BCUT2D eigenvalue weighted by atomic mass is 9.99. The third-order valence-corrected chi connectivity index (χ3v) is 2.87. The van der Waals surface area contributed by atoms with E-state index in [0.29, 0.717) is 23.6 Å². The van der Waals surface area contributed by atoms with Gasteiger partial charge in [-0.1, -0.05) is 0 Å². The lowest BCUT2D eigenvalue weighted by Gasteiger charge is -2.20. The average Bonchev–Trinajstić information content (AvgIpc) is 2.33. The van der Waals surface area contributed by atoms with Crippen LogP contribution in [0, 0.1) is 5.92 Å². The zero-order chi connectivity index (χ0) is 11.4. The average molecular weight is 286 g/mol. The maximum Gasteiger partial charge on any atom is 0.228 e. The van der Waals surface area contributed by atoms with E-state index < -0.39 is 0 Å². The molecule has 0 unspecified atom stereocenters. The minimum absolute atomic E-state index is 0.0000718. The third kappa shape index (κ3) is 2.99. The highest BCUT2D eigenvalue weighted by atomic mass is 79.9. The molecule has 1 aliphatic rings. The quantitative estimate of drug-likeness (QED) is 0.897. The van der Waals surface area contributed by atoms with Crippen LogP contribution in [0.2, 0.25) is 0 Å². The van der Waals surface area contributed by atoms with Crippen molar-refractivity contribution in [3.63, 3.8) is 0 Å². The normalized spacial score (nSPS) is 17.1. The molecular formula is C10H12BrN3O2. The molecule has 86 valence electrons. The SMILES string of the molecule is O=C(Nc1cnc(Br)cn1)C1CCOCC1. The predicted octanol–water partition coefficient (Wildman–Crippen LogP) is 1.60. The highest BCUT2D eigenvalue weighted by molar-refractivity contribution is 9.10. The Labute approximate surface area is 102 Å². The zero-order valence-corrected chi connectivity index (χ0v) is 10.2. The number of nitrogens with zero attached hydrogens (tertiary/aromatic N) is 2. The summed E-state index contributed by atoms with van der Waals surface area (Å²) >= 11 is 3.19. The summed E-state index contributed by atoms with van der Waals surface area (Å²) < 4.78 is 5.85. The van der Waals surface area contributed by atoms with E-state index in [1.807, 2.05) is 0 Å². The molecule has 0 saturated carbocycles. The summed E-state index contributed by atoms with van der Waals surface area (Å²) in [7, 11) is 0. The summed E-state index contributed by atoms with van der Waals surface area (Å²) in [6.07, 6.45) is 4.63. The molecule has 0 atom stereocenters. The minimum Gasteiger partial charge on any atom is -0.381 e. The lowest BCUT2D eigenvalue weighted by Crippen LogP contribution is -2.28. The number of anilines is 1. The van der Waals surface area contributed by atoms with Crippen LogP contribution in [0.1, 0.15) is 12.8 Å². The molecule has 1 amide bonds. The van der Waals surface area contributed by atoms with Crippen LogP contribution in [0.25, 0.3) is 0 Å². The molecule has 0 aliphatic carbocycles. The van der Waals surface area contributed by atoms with Crippen molar-refractivity contribution >= 4 is 27.7 Å². The van der Waals surface area contributed by atoms with Crippen molar-refractivity contribution in [2.24, 2.45) is 5.92 Å². The van der Waals surface area contributed by atoms with E-state index in [2.05, 4.69) is 31.2 Å². The number of hydrogen-bond acceptors (Lipinski definition) is 4. The molecule has 0 aromatic carbocycles. The fraction of sp³-hybridized carbons (Fsp3) is 0.500. The first-order valence-electron chi connectivity index (χ1n) is 5.12. The first-order chi connectivity index (χ1) is 7.75. The van der Waals surface area contributed by atoms with Crippen molar-refractivity contribution < 1.29 is 9.53 Å². The molecule has 1 aromatic rings. The molecule has 1 saturated heterocycles. The van der Waals surface area contributed by atoms with Crippen molar-refractivity contribution in [2.75, 3.05) is 18.5 Å². The zero-order valence-electron chi connectivity index (χ0n) is 8.65. The summed E-state index contributed by atoms with van der Waals surface area (Å²) in [5, 5.41) is 2.75. The van der Waals surface area contributed by atoms with Gasteiger partial charge in [-0.25, -0.2) is 9.97 Å². The Bertz CT molecular complexity index is 363. The van der Waals surface area contributed by atoms with Crippen LogP contribution in [-0.4, -0.2) is 29.1 Å². The van der Waals surface area contributed by atoms with Crippen LogP contribution in [-0.2, 0) is 9.53 Å². The molecule has 0 bridgehead atoms. The molecular weight excluding hydrogens is 274 g/mol.